The van der Waals surface area contributed by atoms with Crippen LogP contribution < -0.4 is 5.32 Å². The van der Waals surface area contributed by atoms with Crippen molar-refractivity contribution >= 4 is 39.3 Å². The van der Waals surface area contributed by atoms with Crippen LogP contribution in [0.2, 0.25) is 0 Å². The minimum atomic E-state index is -0.358. The molecule has 6 heteroatoms. The molecule has 2 atom stereocenters. The van der Waals surface area contributed by atoms with Gasteiger partial charge in [0.25, 0.3) is 0 Å². The molecule has 0 amide bonds. The summed E-state index contributed by atoms with van der Waals surface area (Å²) in [5.74, 6) is 0.621. The molecule has 0 saturated carbocycles. The molecular formula is C11H15N3OS2. The van der Waals surface area contributed by atoms with Crippen LogP contribution in [0, 0.1) is 0 Å². The Bertz CT molecular complexity index is 512. The molecule has 0 saturated heterocycles. The summed E-state index contributed by atoms with van der Waals surface area (Å²) in [4.78, 5) is 8.83. The van der Waals surface area contributed by atoms with Crippen LogP contribution in [-0.4, -0.2) is 33.5 Å². The minimum Gasteiger partial charge on any atom is -0.392 e. The van der Waals surface area contributed by atoms with Crippen molar-refractivity contribution in [3.8, 4) is 0 Å². The molecule has 17 heavy (non-hydrogen) atoms. The van der Waals surface area contributed by atoms with Crippen LogP contribution in [0.25, 0.3) is 10.2 Å². The van der Waals surface area contributed by atoms with Gasteiger partial charge >= 0.3 is 0 Å². The van der Waals surface area contributed by atoms with E-state index in [1.165, 1.54) is 0 Å². The maximum Gasteiger partial charge on any atom is 0.224 e. The van der Waals surface area contributed by atoms with E-state index >= 15 is 0 Å². The Hall–Kier alpha value is -0.850. The lowest BCUT2D eigenvalue weighted by Crippen LogP contribution is -2.15. The highest BCUT2D eigenvalue weighted by Crippen LogP contribution is 2.33. The van der Waals surface area contributed by atoms with Gasteiger partial charge in [0.1, 0.15) is 5.03 Å². The molecule has 2 N–H and O–H groups in total. The molecule has 2 heterocycles. The monoisotopic (exact) mass is 269 g/mol. The molecular weight excluding hydrogens is 254 g/mol. The summed E-state index contributed by atoms with van der Waals surface area (Å²) in [6.45, 7) is 3.79. The molecule has 0 aromatic carbocycles. The highest BCUT2D eigenvalue weighted by molar-refractivity contribution is 8.00. The van der Waals surface area contributed by atoms with Crippen LogP contribution in [-0.2, 0) is 0 Å². The van der Waals surface area contributed by atoms with E-state index in [4.69, 9.17) is 0 Å². The molecule has 0 aliphatic heterocycles. The van der Waals surface area contributed by atoms with Crippen LogP contribution in [0.3, 0.4) is 0 Å². The predicted molar refractivity (Wildman–Crippen MR) is 74.0 cm³/mol. The van der Waals surface area contributed by atoms with E-state index < -0.39 is 0 Å². The van der Waals surface area contributed by atoms with Crippen molar-refractivity contribution in [2.75, 3.05) is 12.4 Å². The summed E-state index contributed by atoms with van der Waals surface area (Å²) in [5, 5.41) is 15.6. The summed E-state index contributed by atoms with van der Waals surface area (Å²) < 4.78 is 1.08. The first-order valence-electron chi connectivity index (χ1n) is 5.39. The maximum absolute atomic E-state index is 9.55. The Kier molecular flexibility index (Phi) is 3.86. The van der Waals surface area contributed by atoms with Crippen LogP contribution in [0.1, 0.15) is 13.8 Å². The molecule has 0 aliphatic rings. The molecule has 92 valence electrons. The SMILES string of the molecule is CNc1nc(SC(C)C(C)O)c2sccc2n1. The van der Waals surface area contributed by atoms with Crippen LogP contribution >= 0.6 is 23.1 Å². The highest BCUT2D eigenvalue weighted by Gasteiger charge is 2.15. The third-order valence-corrected chi connectivity index (χ3v) is 4.80. The maximum atomic E-state index is 9.55. The van der Waals surface area contributed by atoms with E-state index in [0.717, 1.165) is 15.2 Å². The van der Waals surface area contributed by atoms with Crippen molar-refractivity contribution < 1.29 is 5.11 Å². The van der Waals surface area contributed by atoms with Gasteiger partial charge in [0.15, 0.2) is 0 Å². The lowest BCUT2D eigenvalue weighted by atomic mass is 10.3. The number of anilines is 1. The number of thioether (sulfide) groups is 1. The van der Waals surface area contributed by atoms with E-state index in [1.807, 2.05) is 18.4 Å². The number of nitrogens with one attached hydrogen (secondary N) is 1. The molecule has 2 rings (SSSR count). The van der Waals surface area contributed by atoms with E-state index in [1.54, 1.807) is 37.1 Å². The van der Waals surface area contributed by atoms with Crippen molar-refractivity contribution in [2.45, 2.75) is 30.2 Å². The van der Waals surface area contributed by atoms with Gasteiger partial charge in [-0.2, -0.15) is 0 Å². The summed E-state index contributed by atoms with van der Waals surface area (Å²) in [6.07, 6.45) is -0.358. The molecule has 0 fully saturated rings. The lowest BCUT2D eigenvalue weighted by molar-refractivity contribution is 0.196. The van der Waals surface area contributed by atoms with E-state index in [0.29, 0.717) is 5.95 Å². The van der Waals surface area contributed by atoms with Gasteiger partial charge in [-0.1, -0.05) is 18.7 Å². The second-order valence-corrected chi connectivity index (χ2v) is 6.08. The zero-order valence-electron chi connectivity index (χ0n) is 9.97. The van der Waals surface area contributed by atoms with Gasteiger partial charge in [-0.15, -0.1) is 11.3 Å². The first-order valence-corrected chi connectivity index (χ1v) is 7.15. The molecule has 0 spiro atoms. The second-order valence-electron chi connectivity index (χ2n) is 3.80. The van der Waals surface area contributed by atoms with Crippen LogP contribution in [0.5, 0.6) is 0 Å². The fourth-order valence-electron chi connectivity index (χ4n) is 1.30. The zero-order chi connectivity index (χ0) is 12.4. The highest BCUT2D eigenvalue weighted by atomic mass is 32.2. The van der Waals surface area contributed by atoms with Crippen molar-refractivity contribution in [3.63, 3.8) is 0 Å². The number of hydrogen-bond donors (Lipinski definition) is 2. The Morgan fingerprint density at radius 3 is 2.82 bits per heavy atom. The molecule has 0 radical (unpaired) electrons. The van der Waals surface area contributed by atoms with Gasteiger partial charge in [0.2, 0.25) is 5.95 Å². The van der Waals surface area contributed by atoms with E-state index in [9.17, 15) is 5.11 Å². The fourth-order valence-corrected chi connectivity index (χ4v) is 3.21. The van der Waals surface area contributed by atoms with Gasteiger partial charge < -0.3 is 10.4 Å². The van der Waals surface area contributed by atoms with Crippen molar-refractivity contribution in [1.29, 1.82) is 0 Å². The zero-order valence-corrected chi connectivity index (χ0v) is 11.6. The number of aromatic nitrogens is 2. The summed E-state index contributed by atoms with van der Waals surface area (Å²) >= 11 is 3.22. The third-order valence-electron chi connectivity index (χ3n) is 2.47. The topological polar surface area (TPSA) is 58.0 Å². The van der Waals surface area contributed by atoms with Gasteiger partial charge in [0.05, 0.1) is 16.3 Å². The first kappa shape index (κ1) is 12.6. The van der Waals surface area contributed by atoms with Crippen molar-refractivity contribution in [1.82, 2.24) is 9.97 Å². The average molecular weight is 269 g/mol. The van der Waals surface area contributed by atoms with E-state index in [2.05, 4.69) is 15.3 Å². The Morgan fingerprint density at radius 1 is 1.41 bits per heavy atom. The molecule has 0 bridgehead atoms. The number of fused-ring (bicyclic) bond motifs is 1. The fraction of sp³-hybridized carbons (Fsp3) is 0.455. The number of aliphatic hydroxyl groups excluding tert-OH is 1. The van der Waals surface area contributed by atoms with Crippen molar-refractivity contribution in [3.05, 3.63) is 11.4 Å². The smallest absolute Gasteiger partial charge is 0.224 e. The number of rotatable bonds is 4. The van der Waals surface area contributed by atoms with Gasteiger partial charge in [-0.3, -0.25) is 0 Å². The van der Waals surface area contributed by atoms with Crippen LogP contribution in [0.4, 0.5) is 5.95 Å². The summed E-state index contributed by atoms with van der Waals surface area (Å²) in [6, 6.07) is 1.99. The Balaban J connectivity index is 2.40. The molecule has 4 nitrogen and oxygen atoms in total. The third kappa shape index (κ3) is 2.70. The van der Waals surface area contributed by atoms with Gasteiger partial charge in [0, 0.05) is 12.3 Å². The minimum absolute atomic E-state index is 0.111. The van der Waals surface area contributed by atoms with Crippen LogP contribution in [0.15, 0.2) is 16.5 Å². The number of aliphatic hydroxyl groups is 1. The Labute approximate surface area is 108 Å². The number of hydrogen-bond acceptors (Lipinski definition) is 6. The standard InChI is InChI=1S/C11H15N3OS2/c1-6(15)7(2)17-10-9-8(4-5-16-9)13-11(12-3)14-10/h4-7,15H,1-3H3,(H,12,13,14). The summed E-state index contributed by atoms with van der Waals surface area (Å²) in [5.41, 5.74) is 0.953. The molecule has 2 unspecified atom stereocenters. The van der Waals surface area contributed by atoms with Crippen molar-refractivity contribution in [2.24, 2.45) is 0 Å². The molecule has 2 aromatic heterocycles. The largest absolute Gasteiger partial charge is 0.392 e. The Morgan fingerprint density at radius 2 is 2.18 bits per heavy atom. The lowest BCUT2D eigenvalue weighted by Gasteiger charge is -2.14. The number of thiophene rings is 1. The van der Waals surface area contributed by atoms with Gasteiger partial charge in [-0.05, 0) is 18.4 Å². The first-order chi connectivity index (χ1) is 8.11. The quantitative estimate of drug-likeness (QED) is 0.660. The normalized spacial score (nSPS) is 14.8. The molecule has 0 aliphatic carbocycles. The number of nitrogens with zero attached hydrogens (tertiary/aromatic N) is 2. The predicted octanol–water partition coefficient (Wildman–Crippen LogP) is 2.59. The van der Waals surface area contributed by atoms with E-state index in [-0.39, 0.29) is 11.4 Å². The summed E-state index contributed by atoms with van der Waals surface area (Å²) in [7, 11) is 1.81. The second kappa shape index (κ2) is 5.20. The average Bonchev–Trinajstić information content (AvgIpc) is 2.76. The van der Waals surface area contributed by atoms with Gasteiger partial charge in [-0.25, -0.2) is 9.97 Å². The molecule has 2 aromatic rings.